The van der Waals surface area contributed by atoms with Crippen molar-refractivity contribution in [1.82, 2.24) is 25.1 Å². The van der Waals surface area contributed by atoms with Crippen molar-refractivity contribution in [3.63, 3.8) is 0 Å². The monoisotopic (exact) mass is 287 g/mol. The summed E-state index contributed by atoms with van der Waals surface area (Å²) in [5.74, 6) is 0.774. The first-order chi connectivity index (χ1) is 10.1. The smallest absolute Gasteiger partial charge is 0.255 e. The molecule has 2 aromatic rings. The third-order valence-corrected chi connectivity index (χ3v) is 3.99. The number of amides is 1. The highest BCUT2D eigenvalue weighted by molar-refractivity contribution is 5.95. The minimum atomic E-state index is -0.307. The molecule has 0 saturated heterocycles. The molecule has 0 bridgehead atoms. The molecule has 0 spiro atoms. The van der Waals surface area contributed by atoms with E-state index in [9.17, 15) is 4.79 Å². The average Bonchev–Trinajstić information content (AvgIpc) is 2.92. The van der Waals surface area contributed by atoms with Crippen molar-refractivity contribution in [2.45, 2.75) is 51.6 Å². The number of unbranched alkanes of at least 4 members (excludes halogenated alkanes) is 1. The van der Waals surface area contributed by atoms with E-state index in [0.29, 0.717) is 5.56 Å². The normalized spacial score (nSPS) is 15.9. The van der Waals surface area contributed by atoms with Gasteiger partial charge in [0, 0.05) is 25.1 Å². The van der Waals surface area contributed by atoms with Gasteiger partial charge in [0.1, 0.15) is 5.82 Å². The first-order valence-electron chi connectivity index (χ1n) is 7.51. The van der Waals surface area contributed by atoms with Gasteiger partial charge in [-0.1, -0.05) is 13.3 Å². The second kappa shape index (κ2) is 5.35. The van der Waals surface area contributed by atoms with Crippen LogP contribution in [0.15, 0.2) is 18.6 Å². The number of aromatic nitrogens is 4. The summed E-state index contributed by atoms with van der Waals surface area (Å²) in [5.41, 5.74) is 1.13. The zero-order valence-corrected chi connectivity index (χ0v) is 12.5. The zero-order chi connectivity index (χ0) is 14.9. The quantitative estimate of drug-likeness (QED) is 0.854. The molecule has 1 aliphatic carbocycles. The number of nitrogens with zero attached hydrogens (tertiary/aromatic N) is 3. The molecule has 21 heavy (non-hydrogen) atoms. The highest BCUT2D eigenvalue weighted by Gasteiger charge is 2.48. The second-order valence-electron chi connectivity index (χ2n) is 5.72. The Hall–Kier alpha value is -2.11. The highest BCUT2D eigenvalue weighted by Crippen LogP contribution is 2.43. The number of nitrogens with one attached hydrogen (secondary N) is 2. The van der Waals surface area contributed by atoms with Crippen molar-refractivity contribution >= 4 is 5.91 Å². The Morgan fingerprint density at radius 1 is 1.52 bits per heavy atom. The van der Waals surface area contributed by atoms with Gasteiger partial charge >= 0.3 is 0 Å². The molecule has 6 heteroatoms. The lowest BCUT2D eigenvalue weighted by Crippen LogP contribution is -2.35. The molecular weight excluding hydrogens is 266 g/mol. The maximum atomic E-state index is 12.5. The Morgan fingerprint density at radius 2 is 2.33 bits per heavy atom. The molecule has 2 N–H and O–H groups in total. The summed E-state index contributed by atoms with van der Waals surface area (Å²) in [6, 6.07) is 0. The van der Waals surface area contributed by atoms with E-state index in [0.717, 1.165) is 43.7 Å². The topological polar surface area (TPSA) is 75.6 Å². The number of hydrogen-bond donors (Lipinski definition) is 2. The third-order valence-electron chi connectivity index (χ3n) is 3.99. The van der Waals surface area contributed by atoms with Crippen molar-refractivity contribution in [2.75, 3.05) is 0 Å². The maximum Gasteiger partial charge on any atom is 0.255 e. The van der Waals surface area contributed by atoms with Crippen LogP contribution in [0.25, 0.3) is 0 Å². The van der Waals surface area contributed by atoms with Gasteiger partial charge in [0.25, 0.3) is 5.91 Å². The van der Waals surface area contributed by atoms with E-state index in [2.05, 4.69) is 27.3 Å². The van der Waals surface area contributed by atoms with E-state index in [1.54, 1.807) is 12.4 Å². The van der Waals surface area contributed by atoms with Crippen LogP contribution in [-0.4, -0.2) is 25.7 Å². The summed E-state index contributed by atoms with van der Waals surface area (Å²) in [5, 5.41) is 7.53. The van der Waals surface area contributed by atoms with Gasteiger partial charge in [-0.05, 0) is 26.2 Å². The number of aromatic amines is 1. The molecular formula is C15H21N5O. The number of aryl methyl sites for hydroxylation is 2. The molecule has 1 amide bonds. The SMILES string of the molecule is CCCCn1cc(C(=O)NC2(c3ncc[nH]3)CC2)c(C)n1. The molecule has 6 nitrogen and oxygen atoms in total. The van der Waals surface area contributed by atoms with Gasteiger partial charge in [-0.15, -0.1) is 0 Å². The van der Waals surface area contributed by atoms with E-state index < -0.39 is 0 Å². The van der Waals surface area contributed by atoms with E-state index in [-0.39, 0.29) is 11.4 Å². The van der Waals surface area contributed by atoms with Gasteiger partial charge in [-0.25, -0.2) is 4.98 Å². The van der Waals surface area contributed by atoms with E-state index in [1.165, 1.54) is 0 Å². The van der Waals surface area contributed by atoms with E-state index >= 15 is 0 Å². The molecule has 1 fully saturated rings. The molecule has 0 radical (unpaired) electrons. The Balaban J connectivity index is 1.73. The molecule has 1 aliphatic rings. The van der Waals surface area contributed by atoms with Crippen LogP contribution in [0.1, 0.15) is 54.5 Å². The summed E-state index contributed by atoms with van der Waals surface area (Å²) >= 11 is 0. The molecule has 0 atom stereocenters. The van der Waals surface area contributed by atoms with Crippen molar-refractivity contribution in [3.8, 4) is 0 Å². The van der Waals surface area contributed by atoms with Gasteiger partial charge < -0.3 is 10.3 Å². The number of rotatable bonds is 6. The lowest BCUT2D eigenvalue weighted by Gasteiger charge is -2.14. The van der Waals surface area contributed by atoms with Crippen LogP contribution in [0.4, 0.5) is 0 Å². The van der Waals surface area contributed by atoms with Crippen molar-refractivity contribution in [3.05, 3.63) is 35.7 Å². The molecule has 3 rings (SSSR count). The number of imidazole rings is 1. The number of carbonyl (C=O) groups excluding carboxylic acids is 1. The number of carbonyl (C=O) groups is 1. The summed E-state index contributed by atoms with van der Waals surface area (Å²) in [7, 11) is 0. The van der Waals surface area contributed by atoms with Crippen LogP contribution in [0.3, 0.4) is 0 Å². The molecule has 0 unspecified atom stereocenters. The molecule has 1 saturated carbocycles. The molecule has 0 aliphatic heterocycles. The molecule has 0 aromatic carbocycles. The van der Waals surface area contributed by atoms with Crippen LogP contribution in [0, 0.1) is 6.92 Å². The predicted octanol–water partition coefficient (Wildman–Crippen LogP) is 2.13. The number of hydrogen-bond acceptors (Lipinski definition) is 3. The Morgan fingerprint density at radius 3 is 2.95 bits per heavy atom. The molecule has 2 aromatic heterocycles. The minimum Gasteiger partial charge on any atom is -0.347 e. The zero-order valence-electron chi connectivity index (χ0n) is 12.5. The van der Waals surface area contributed by atoms with Gasteiger partial charge in [0.2, 0.25) is 0 Å². The Kier molecular flexibility index (Phi) is 3.53. The fourth-order valence-corrected chi connectivity index (χ4v) is 2.53. The van der Waals surface area contributed by atoms with E-state index in [1.807, 2.05) is 17.8 Å². The maximum absolute atomic E-state index is 12.5. The van der Waals surface area contributed by atoms with Gasteiger partial charge in [0.15, 0.2) is 0 Å². The van der Waals surface area contributed by atoms with Crippen LogP contribution >= 0.6 is 0 Å². The van der Waals surface area contributed by atoms with Gasteiger partial charge in [-0.2, -0.15) is 5.10 Å². The average molecular weight is 287 g/mol. The van der Waals surface area contributed by atoms with E-state index in [4.69, 9.17) is 0 Å². The fourth-order valence-electron chi connectivity index (χ4n) is 2.53. The predicted molar refractivity (Wildman–Crippen MR) is 78.8 cm³/mol. The summed E-state index contributed by atoms with van der Waals surface area (Å²) in [6.45, 7) is 4.88. The summed E-state index contributed by atoms with van der Waals surface area (Å²) in [4.78, 5) is 19.9. The third kappa shape index (κ3) is 2.70. The van der Waals surface area contributed by atoms with Gasteiger partial charge in [0.05, 0.1) is 16.8 Å². The summed E-state index contributed by atoms with van der Waals surface area (Å²) in [6.07, 6.45) is 9.38. The van der Waals surface area contributed by atoms with Crippen molar-refractivity contribution in [2.24, 2.45) is 0 Å². The van der Waals surface area contributed by atoms with Crippen molar-refractivity contribution < 1.29 is 4.79 Å². The fraction of sp³-hybridized carbons (Fsp3) is 0.533. The lowest BCUT2D eigenvalue weighted by molar-refractivity contribution is 0.0928. The van der Waals surface area contributed by atoms with Crippen LogP contribution in [0.2, 0.25) is 0 Å². The number of H-pyrrole nitrogens is 1. The Labute approximate surface area is 124 Å². The van der Waals surface area contributed by atoms with Crippen LogP contribution < -0.4 is 5.32 Å². The molecule has 2 heterocycles. The molecule has 112 valence electrons. The Bertz CT molecular complexity index is 625. The second-order valence-corrected chi connectivity index (χ2v) is 5.72. The van der Waals surface area contributed by atoms with Gasteiger partial charge in [-0.3, -0.25) is 9.48 Å². The standard InChI is InChI=1S/C15H21N5O/c1-3-4-9-20-10-12(11(2)19-20)13(21)18-15(5-6-15)14-16-7-8-17-14/h7-8,10H,3-6,9H2,1-2H3,(H,16,17)(H,18,21). The largest absolute Gasteiger partial charge is 0.347 e. The van der Waals surface area contributed by atoms with Crippen LogP contribution in [0.5, 0.6) is 0 Å². The minimum absolute atomic E-state index is 0.0656. The van der Waals surface area contributed by atoms with Crippen LogP contribution in [-0.2, 0) is 12.1 Å². The van der Waals surface area contributed by atoms with Crippen molar-refractivity contribution in [1.29, 1.82) is 0 Å². The first-order valence-corrected chi connectivity index (χ1v) is 7.51. The highest BCUT2D eigenvalue weighted by atomic mass is 16.2. The first kappa shape index (κ1) is 13.9. The lowest BCUT2D eigenvalue weighted by atomic mass is 10.2. The summed E-state index contributed by atoms with van der Waals surface area (Å²) < 4.78 is 1.86.